The molecule has 0 saturated heterocycles. The lowest BCUT2D eigenvalue weighted by atomic mass is 9.96. The Hall–Kier alpha value is -1.75. The molecule has 1 aliphatic heterocycles. The van der Waals surface area contributed by atoms with Crippen LogP contribution in [0, 0.1) is 17.3 Å². The zero-order chi connectivity index (χ0) is 12.5. The average Bonchev–Trinajstić information content (AvgIpc) is 2.26. The molecule has 17 heavy (non-hydrogen) atoms. The van der Waals surface area contributed by atoms with Gasteiger partial charge in [0, 0.05) is 5.41 Å². The van der Waals surface area contributed by atoms with Gasteiger partial charge in [0.05, 0.1) is 12.0 Å². The Morgan fingerprint density at radius 2 is 2.00 bits per heavy atom. The van der Waals surface area contributed by atoms with Crippen LogP contribution in [0.2, 0.25) is 0 Å². The monoisotopic (exact) mass is 228 g/mol. The maximum atomic E-state index is 11.9. The van der Waals surface area contributed by atoms with Crippen LogP contribution in [0.15, 0.2) is 24.3 Å². The highest BCUT2D eigenvalue weighted by atomic mass is 16.5. The first kappa shape index (κ1) is 11.7. The molecule has 0 amide bonds. The predicted octanol–water partition coefficient (Wildman–Crippen LogP) is 3.07. The molecule has 1 aromatic carbocycles. The summed E-state index contributed by atoms with van der Waals surface area (Å²) < 4.78 is 5.70. The minimum Gasteiger partial charge on any atom is -0.477 e. The minimum atomic E-state index is -0.309. The molecule has 2 rings (SSSR count). The van der Waals surface area contributed by atoms with Gasteiger partial charge in [-0.25, -0.2) is 0 Å². The molecule has 2 heteroatoms. The van der Waals surface area contributed by atoms with E-state index in [0.717, 1.165) is 0 Å². The lowest BCUT2D eigenvalue weighted by Crippen LogP contribution is -2.25. The van der Waals surface area contributed by atoms with Crippen molar-refractivity contribution in [1.82, 2.24) is 0 Å². The van der Waals surface area contributed by atoms with Gasteiger partial charge in [0.2, 0.25) is 0 Å². The summed E-state index contributed by atoms with van der Waals surface area (Å²) in [6.45, 7) is 6.12. The molecule has 0 radical (unpaired) electrons. The summed E-state index contributed by atoms with van der Waals surface area (Å²) in [6, 6.07) is 7.33. The van der Waals surface area contributed by atoms with Crippen molar-refractivity contribution in [3.05, 3.63) is 29.8 Å². The highest BCUT2D eigenvalue weighted by molar-refractivity contribution is 6.00. The lowest BCUT2D eigenvalue weighted by Gasteiger charge is -2.21. The third-order valence-corrected chi connectivity index (χ3v) is 2.44. The Kier molecular flexibility index (Phi) is 2.93. The van der Waals surface area contributed by atoms with Crippen molar-refractivity contribution < 1.29 is 9.53 Å². The van der Waals surface area contributed by atoms with Crippen LogP contribution in [0.3, 0.4) is 0 Å². The van der Waals surface area contributed by atoms with Gasteiger partial charge in [0.15, 0.2) is 11.9 Å². The fraction of sp³-hybridized carbons (Fsp3) is 0.400. The fourth-order valence-corrected chi connectivity index (χ4v) is 1.65. The van der Waals surface area contributed by atoms with Crippen LogP contribution in [-0.2, 0) is 0 Å². The van der Waals surface area contributed by atoms with E-state index in [2.05, 4.69) is 11.8 Å². The third kappa shape index (κ3) is 2.88. The first-order valence-electron chi connectivity index (χ1n) is 5.77. The number of hydrogen-bond donors (Lipinski definition) is 0. The van der Waals surface area contributed by atoms with E-state index >= 15 is 0 Å². The second-order valence-corrected chi connectivity index (χ2v) is 5.25. The summed E-state index contributed by atoms with van der Waals surface area (Å²) >= 11 is 0. The number of hydrogen-bond acceptors (Lipinski definition) is 2. The highest BCUT2D eigenvalue weighted by Crippen LogP contribution is 2.27. The van der Waals surface area contributed by atoms with Crippen LogP contribution in [0.4, 0.5) is 0 Å². The Morgan fingerprint density at radius 3 is 2.71 bits per heavy atom. The maximum Gasteiger partial charge on any atom is 0.171 e. The van der Waals surface area contributed by atoms with E-state index in [4.69, 9.17) is 4.74 Å². The fourth-order valence-electron chi connectivity index (χ4n) is 1.65. The molecule has 0 N–H and O–H groups in total. The molecule has 88 valence electrons. The molecule has 0 bridgehead atoms. The van der Waals surface area contributed by atoms with E-state index in [1.54, 1.807) is 6.07 Å². The van der Waals surface area contributed by atoms with Crippen molar-refractivity contribution in [3.8, 4) is 17.6 Å². The number of carbonyl (C=O) groups is 1. The van der Waals surface area contributed by atoms with E-state index in [1.165, 1.54) is 0 Å². The standard InChI is InChI=1S/C15H16O2/c1-15(2,3)9-8-11-10-13(16)12-6-4-5-7-14(12)17-11/h4-7,11H,10H2,1-3H3. The Bertz CT molecular complexity index is 498. The molecule has 0 spiro atoms. The lowest BCUT2D eigenvalue weighted by molar-refractivity contribution is 0.0899. The molecular weight excluding hydrogens is 212 g/mol. The molecular formula is C15H16O2. The van der Waals surface area contributed by atoms with Crippen molar-refractivity contribution in [2.45, 2.75) is 33.3 Å². The van der Waals surface area contributed by atoms with Gasteiger partial charge in [-0.05, 0) is 32.9 Å². The number of ketones is 1. The second-order valence-electron chi connectivity index (χ2n) is 5.25. The zero-order valence-electron chi connectivity index (χ0n) is 10.4. The molecule has 1 unspecified atom stereocenters. The van der Waals surface area contributed by atoms with Crippen molar-refractivity contribution in [2.24, 2.45) is 5.41 Å². The Morgan fingerprint density at radius 1 is 1.29 bits per heavy atom. The van der Waals surface area contributed by atoms with E-state index in [9.17, 15) is 4.79 Å². The summed E-state index contributed by atoms with van der Waals surface area (Å²) in [4.78, 5) is 11.9. The summed E-state index contributed by atoms with van der Waals surface area (Å²) in [5, 5.41) is 0. The summed E-state index contributed by atoms with van der Waals surface area (Å²) in [5.74, 6) is 6.92. The number of benzene rings is 1. The minimum absolute atomic E-state index is 0.0661. The quantitative estimate of drug-likeness (QED) is 0.638. The second kappa shape index (κ2) is 4.25. The normalized spacial score (nSPS) is 18.8. The number of fused-ring (bicyclic) bond motifs is 1. The van der Waals surface area contributed by atoms with Crippen LogP contribution in [0.25, 0.3) is 0 Å². The van der Waals surface area contributed by atoms with Crippen molar-refractivity contribution in [3.63, 3.8) is 0 Å². The van der Waals surface area contributed by atoms with Crippen LogP contribution in [-0.4, -0.2) is 11.9 Å². The van der Waals surface area contributed by atoms with Gasteiger partial charge in [-0.15, -0.1) is 0 Å². The van der Waals surface area contributed by atoms with Gasteiger partial charge in [-0.2, -0.15) is 0 Å². The maximum absolute atomic E-state index is 11.9. The first-order valence-corrected chi connectivity index (χ1v) is 5.77. The van der Waals surface area contributed by atoms with Crippen molar-refractivity contribution in [1.29, 1.82) is 0 Å². The van der Waals surface area contributed by atoms with Gasteiger partial charge in [0.1, 0.15) is 5.75 Å². The molecule has 1 heterocycles. The van der Waals surface area contributed by atoms with E-state index in [1.807, 2.05) is 39.0 Å². The van der Waals surface area contributed by atoms with E-state index < -0.39 is 0 Å². The predicted molar refractivity (Wildman–Crippen MR) is 67.0 cm³/mol. The average molecular weight is 228 g/mol. The smallest absolute Gasteiger partial charge is 0.171 e. The van der Waals surface area contributed by atoms with Crippen LogP contribution in [0.1, 0.15) is 37.6 Å². The molecule has 1 aliphatic rings. The van der Waals surface area contributed by atoms with Gasteiger partial charge < -0.3 is 4.74 Å². The largest absolute Gasteiger partial charge is 0.477 e. The third-order valence-electron chi connectivity index (χ3n) is 2.44. The van der Waals surface area contributed by atoms with Gasteiger partial charge in [-0.1, -0.05) is 24.0 Å². The van der Waals surface area contributed by atoms with Gasteiger partial charge >= 0.3 is 0 Å². The summed E-state index contributed by atoms with van der Waals surface area (Å²) in [5.41, 5.74) is 0.602. The molecule has 1 atom stereocenters. The first-order chi connectivity index (χ1) is 7.96. The van der Waals surface area contributed by atoms with Gasteiger partial charge in [0.25, 0.3) is 0 Å². The van der Waals surface area contributed by atoms with Crippen molar-refractivity contribution >= 4 is 5.78 Å². The van der Waals surface area contributed by atoms with E-state index in [-0.39, 0.29) is 17.3 Å². The van der Waals surface area contributed by atoms with Gasteiger partial charge in [-0.3, -0.25) is 4.79 Å². The highest BCUT2D eigenvalue weighted by Gasteiger charge is 2.24. The van der Waals surface area contributed by atoms with Crippen LogP contribution >= 0.6 is 0 Å². The number of carbonyl (C=O) groups excluding carboxylic acids is 1. The molecule has 0 aliphatic carbocycles. The van der Waals surface area contributed by atoms with Crippen LogP contribution < -0.4 is 4.74 Å². The Labute approximate surface area is 102 Å². The molecule has 1 aromatic rings. The van der Waals surface area contributed by atoms with Crippen molar-refractivity contribution in [2.75, 3.05) is 0 Å². The number of rotatable bonds is 0. The number of Topliss-reactive ketones (excluding diaryl/α,β-unsaturated/α-hetero) is 1. The molecule has 2 nitrogen and oxygen atoms in total. The SMILES string of the molecule is CC(C)(C)C#CC1CC(=O)c2ccccc2O1. The van der Waals surface area contributed by atoms with E-state index in [0.29, 0.717) is 17.7 Å². The molecule has 0 fully saturated rings. The molecule has 0 saturated carbocycles. The number of ether oxygens (including phenoxy) is 1. The van der Waals surface area contributed by atoms with Crippen LogP contribution in [0.5, 0.6) is 5.75 Å². The topological polar surface area (TPSA) is 26.3 Å². The zero-order valence-corrected chi connectivity index (χ0v) is 10.4. The summed E-state index contributed by atoms with van der Waals surface area (Å²) in [6.07, 6.45) is 0.0386. The molecule has 0 aromatic heterocycles. The summed E-state index contributed by atoms with van der Waals surface area (Å²) in [7, 11) is 0. The Balaban J connectivity index is 2.22. The number of para-hydroxylation sites is 1.